The first-order chi connectivity index (χ1) is 9.52. The summed E-state index contributed by atoms with van der Waals surface area (Å²) in [5.41, 5.74) is 8.94. The van der Waals surface area contributed by atoms with Crippen molar-refractivity contribution in [3.8, 4) is 0 Å². The van der Waals surface area contributed by atoms with Gasteiger partial charge in [-0.05, 0) is 31.2 Å². The highest BCUT2D eigenvalue weighted by atomic mass is 16.3. The zero-order chi connectivity index (χ0) is 14.7. The van der Waals surface area contributed by atoms with Crippen LogP contribution in [0.15, 0.2) is 34.9 Å². The van der Waals surface area contributed by atoms with Crippen molar-refractivity contribution in [1.29, 1.82) is 0 Å². The van der Waals surface area contributed by atoms with Crippen LogP contribution in [0.4, 0.5) is 11.4 Å². The zero-order valence-corrected chi connectivity index (χ0v) is 11.9. The number of aryl methyl sites for hydroxylation is 1. The number of carbonyl (C=O) groups excluding carboxylic acids is 1. The molecule has 0 saturated heterocycles. The Hall–Kier alpha value is -2.43. The maximum absolute atomic E-state index is 11.9. The summed E-state index contributed by atoms with van der Waals surface area (Å²) in [6.45, 7) is 2.57. The number of nitrogens with zero attached hydrogens (tertiary/aromatic N) is 1. The zero-order valence-electron chi connectivity index (χ0n) is 11.9. The summed E-state index contributed by atoms with van der Waals surface area (Å²) in [6.07, 6.45) is 1.66. The third-order valence-corrected chi connectivity index (χ3v) is 3.28. The third kappa shape index (κ3) is 2.77. The van der Waals surface area contributed by atoms with Gasteiger partial charge in [-0.25, -0.2) is 0 Å². The Morgan fingerprint density at radius 1 is 1.40 bits per heavy atom. The van der Waals surface area contributed by atoms with Crippen molar-refractivity contribution in [2.75, 3.05) is 24.7 Å². The van der Waals surface area contributed by atoms with Crippen LogP contribution in [0, 0.1) is 6.92 Å². The number of hydrogen-bond acceptors (Lipinski definition) is 4. The van der Waals surface area contributed by atoms with Gasteiger partial charge in [0.1, 0.15) is 5.76 Å². The first-order valence-electron chi connectivity index (χ1n) is 6.38. The number of nitrogens with two attached hydrogens (primary N) is 1. The molecule has 3 N–H and O–H groups in total. The molecule has 5 nitrogen and oxygen atoms in total. The second-order valence-corrected chi connectivity index (χ2v) is 4.71. The molecule has 0 atom stereocenters. The first-order valence-corrected chi connectivity index (χ1v) is 6.38. The Kier molecular flexibility index (Phi) is 3.98. The SMILES string of the molecule is CNC(=O)c1ccc(N)cc1N(C)Cc1ccoc1C. The fourth-order valence-corrected chi connectivity index (χ4v) is 2.11. The fourth-order valence-electron chi connectivity index (χ4n) is 2.11. The minimum absolute atomic E-state index is 0.129. The molecule has 0 aliphatic carbocycles. The molecule has 1 aromatic heterocycles. The molecule has 106 valence electrons. The van der Waals surface area contributed by atoms with Gasteiger partial charge in [0.05, 0.1) is 17.5 Å². The van der Waals surface area contributed by atoms with E-state index in [0.29, 0.717) is 17.8 Å². The molecule has 0 fully saturated rings. The normalized spacial score (nSPS) is 10.3. The summed E-state index contributed by atoms with van der Waals surface area (Å²) in [7, 11) is 3.54. The molecule has 0 bridgehead atoms. The van der Waals surface area contributed by atoms with Crippen molar-refractivity contribution < 1.29 is 9.21 Å². The monoisotopic (exact) mass is 273 g/mol. The van der Waals surface area contributed by atoms with E-state index >= 15 is 0 Å². The topological polar surface area (TPSA) is 71.5 Å². The summed E-state index contributed by atoms with van der Waals surface area (Å²) in [6, 6.07) is 7.20. The van der Waals surface area contributed by atoms with Crippen LogP contribution in [-0.4, -0.2) is 20.0 Å². The summed E-state index contributed by atoms with van der Waals surface area (Å²) in [4.78, 5) is 13.9. The minimum atomic E-state index is -0.129. The van der Waals surface area contributed by atoms with Gasteiger partial charge in [-0.15, -0.1) is 0 Å². The van der Waals surface area contributed by atoms with Crippen LogP contribution >= 0.6 is 0 Å². The maximum Gasteiger partial charge on any atom is 0.253 e. The predicted molar refractivity (Wildman–Crippen MR) is 79.8 cm³/mol. The van der Waals surface area contributed by atoms with Gasteiger partial charge in [0.25, 0.3) is 5.91 Å². The third-order valence-electron chi connectivity index (χ3n) is 3.28. The molecule has 0 saturated carbocycles. The average molecular weight is 273 g/mol. The van der Waals surface area contributed by atoms with Crippen LogP contribution < -0.4 is 16.0 Å². The van der Waals surface area contributed by atoms with E-state index in [2.05, 4.69) is 5.32 Å². The van der Waals surface area contributed by atoms with Gasteiger partial charge in [-0.1, -0.05) is 0 Å². The van der Waals surface area contributed by atoms with E-state index in [4.69, 9.17) is 10.2 Å². The lowest BCUT2D eigenvalue weighted by Gasteiger charge is -2.22. The molecule has 0 aliphatic rings. The molecule has 0 radical (unpaired) electrons. The number of rotatable bonds is 4. The fraction of sp³-hybridized carbons (Fsp3) is 0.267. The van der Waals surface area contributed by atoms with Crippen LogP contribution in [-0.2, 0) is 6.54 Å². The standard InChI is InChI=1S/C15H19N3O2/c1-10-11(6-7-20-10)9-18(3)14-8-12(16)4-5-13(14)15(19)17-2/h4-8H,9,16H2,1-3H3,(H,17,19). The number of furan rings is 1. The van der Waals surface area contributed by atoms with Crippen LogP contribution in [0.3, 0.4) is 0 Å². The first kappa shape index (κ1) is 14.0. The lowest BCUT2D eigenvalue weighted by atomic mass is 10.1. The maximum atomic E-state index is 11.9. The molecule has 1 amide bonds. The van der Waals surface area contributed by atoms with Gasteiger partial charge < -0.3 is 20.4 Å². The quantitative estimate of drug-likeness (QED) is 0.837. The predicted octanol–water partition coefficient (Wildman–Crippen LogP) is 2.17. The molecule has 1 aromatic carbocycles. The molecule has 0 spiro atoms. The second kappa shape index (κ2) is 5.69. The highest BCUT2D eigenvalue weighted by molar-refractivity contribution is 6.00. The van der Waals surface area contributed by atoms with Crippen LogP contribution in [0.5, 0.6) is 0 Å². The Bertz CT molecular complexity index is 619. The minimum Gasteiger partial charge on any atom is -0.469 e. The van der Waals surface area contributed by atoms with E-state index in [1.807, 2.05) is 24.9 Å². The number of hydrogen-bond donors (Lipinski definition) is 2. The van der Waals surface area contributed by atoms with E-state index in [9.17, 15) is 4.79 Å². The molecular weight excluding hydrogens is 254 g/mol. The van der Waals surface area contributed by atoms with Gasteiger partial charge in [0.15, 0.2) is 0 Å². The number of benzene rings is 1. The highest BCUT2D eigenvalue weighted by Crippen LogP contribution is 2.25. The Labute approximate surface area is 118 Å². The molecule has 0 unspecified atom stereocenters. The van der Waals surface area contributed by atoms with E-state index in [1.54, 1.807) is 31.5 Å². The molecular formula is C15H19N3O2. The van der Waals surface area contributed by atoms with Crippen molar-refractivity contribution in [2.24, 2.45) is 0 Å². The molecule has 0 aliphatic heterocycles. The van der Waals surface area contributed by atoms with E-state index in [1.165, 1.54) is 0 Å². The number of anilines is 2. The summed E-state index contributed by atoms with van der Waals surface area (Å²) in [5, 5.41) is 2.64. The molecule has 2 aromatic rings. The molecule has 20 heavy (non-hydrogen) atoms. The van der Waals surface area contributed by atoms with Crippen LogP contribution in [0.2, 0.25) is 0 Å². The number of nitrogen functional groups attached to an aromatic ring is 1. The lowest BCUT2D eigenvalue weighted by molar-refractivity contribution is 0.0963. The van der Waals surface area contributed by atoms with Gasteiger partial charge in [0.2, 0.25) is 0 Å². The Morgan fingerprint density at radius 2 is 2.15 bits per heavy atom. The van der Waals surface area contributed by atoms with Crippen LogP contribution in [0.1, 0.15) is 21.7 Å². The number of nitrogens with one attached hydrogen (secondary N) is 1. The molecule has 2 rings (SSSR count). The largest absolute Gasteiger partial charge is 0.469 e. The molecule has 1 heterocycles. The number of carbonyl (C=O) groups is 1. The van der Waals surface area contributed by atoms with Crippen molar-refractivity contribution in [3.63, 3.8) is 0 Å². The summed E-state index contributed by atoms with van der Waals surface area (Å²) in [5.74, 6) is 0.748. The van der Waals surface area contributed by atoms with Crippen molar-refractivity contribution in [3.05, 3.63) is 47.4 Å². The Morgan fingerprint density at radius 3 is 2.75 bits per heavy atom. The van der Waals surface area contributed by atoms with Gasteiger partial charge in [-0.2, -0.15) is 0 Å². The summed E-state index contributed by atoms with van der Waals surface area (Å²) >= 11 is 0. The highest BCUT2D eigenvalue weighted by Gasteiger charge is 2.15. The summed E-state index contributed by atoms with van der Waals surface area (Å²) < 4.78 is 5.29. The van der Waals surface area contributed by atoms with Gasteiger partial charge >= 0.3 is 0 Å². The van der Waals surface area contributed by atoms with Crippen molar-refractivity contribution >= 4 is 17.3 Å². The van der Waals surface area contributed by atoms with E-state index < -0.39 is 0 Å². The second-order valence-electron chi connectivity index (χ2n) is 4.71. The Balaban J connectivity index is 2.33. The van der Waals surface area contributed by atoms with Crippen molar-refractivity contribution in [1.82, 2.24) is 5.32 Å². The lowest BCUT2D eigenvalue weighted by Crippen LogP contribution is -2.24. The van der Waals surface area contributed by atoms with E-state index in [-0.39, 0.29) is 5.91 Å². The average Bonchev–Trinajstić information content (AvgIpc) is 2.83. The number of amides is 1. The van der Waals surface area contributed by atoms with Gasteiger partial charge in [0, 0.05) is 31.9 Å². The smallest absolute Gasteiger partial charge is 0.253 e. The van der Waals surface area contributed by atoms with Gasteiger partial charge in [-0.3, -0.25) is 4.79 Å². The van der Waals surface area contributed by atoms with Crippen LogP contribution in [0.25, 0.3) is 0 Å². The van der Waals surface area contributed by atoms with E-state index in [0.717, 1.165) is 17.0 Å². The van der Waals surface area contributed by atoms with Crippen molar-refractivity contribution in [2.45, 2.75) is 13.5 Å². The molecule has 5 heteroatoms.